The number of aliphatic carboxylic acids is 1. The van der Waals surface area contributed by atoms with Crippen LogP contribution in [0.2, 0.25) is 0 Å². The molecule has 1 aromatic rings. The Morgan fingerprint density at radius 1 is 1.38 bits per heavy atom. The van der Waals surface area contributed by atoms with Gasteiger partial charge < -0.3 is 9.90 Å². The fourth-order valence-electron chi connectivity index (χ4n) is 1.34. The van der Waals surface area contributed by atoms with E-state index in [2.05, 4.69) is 0 Å². The van der Waals surface area contributed by atoms with E-state index < -0.39 is 16.1 Å². The van der Waals surface area contributed by atoms with Crippen molar-refractivity contribution in [3.05, 3.63) is 29.8 Å². The van der Waals surface area contributed by atoms with Crippen molar-refractivity contribution in [2.45, 2.75) is 24.2 Å². The summed E-state index contributed by atoms with van der Waals surface area (Å²) in [7, 11) is -4.20. The van der Waals surface area contributed by atoms with E-state index in [1.54, 1.807) is 6.92 Å². The fourth-order valence-corrected chi connectivity index (χ4v) is 1.82. The van der Waals surface area contributed by atoms with Crippen molar-refractivity contribution in [1.29, 1.82) is 0 Å². The van der Waals surface area contributed by atoms with Gasteiger partial charge in [-0.25, -0.2) is 0 Å². The molecule has 1 rings (SSSR count). The van der Waals surface area contributed by atoms with E-state index in [0.717, 1.165) is 0 Å². The molecule has 1 atom stereocenters. The summed E-state index contributed by atoms with van der Waals surface area (Å²) in [6.45, 7) is 1.69. The Balaban J connectivity index is 2.91. The zero-order valence-corrected chi connectivity index (χ0v) is 9.40. The van der Waals surface area contributed by atoms with Crippen molar-refractivity contribution >= 4 is 16.1 Å². The number of hydrogen-bond acceptors (Lipinski definition) is 4. The Labute approximate surface area is 93.5 Å². The van der Waals surface area contributed by atoms with E-state index in [0.29, 0.717) is 5.56 Å². The summed E-state index contributed by atoms with van der Waals surface area (Å²) in [6, 6.07) is 5.40. The van der Waals surface area contributed by atoms with E-state index >= 15 is 0 Å². The maximum absolute atomic E-state index is 10.7. The van der Waals surface area contributed by atoms with Gasteiger partial charge in [0.05, 0.1) is 4.90 Å². The third-order valence-corrected chi connectivity index (χ3v) is 3.09. The van der Waals surface area contributed by atoms with Gasteiger partial charge in [0, 0.05) is 5.97 Å². The number of rotatable bonds is 4. The highest BCUT2D eigenvalue weighted by Gasteiger charge is 2.11. The molecule has 0 bridgehead atoms. The maximum Gasteiger partial charge on any atom is 0.294 e. The molecule has 88 valence electrons. The van der Waals surface area contributed by atoms with Gasteiger partial charge in [0.2, 0.25) is 0 Å². The normalized spacial score (nSPS) is 13.4. The predicted octanol–water partition coefficient (Wildman–Crippen LogP) is 0.177. The lowest BCUT2D eigenvalue weighted by molar-refractivity contribution is -0.306. The summed E-state index contributed by atoms with van der Waals surface area (Å²) in [4.78, 5) is 10.2. The Kier molecular flexibility index (Phi) is 3.66. The van der Waals surface area contributed by atoms with Crippen LogP contribution in [0.25, 0.3) is 0 Å². The van der Waals surface area contributed by atoms with Crippen LogP contribution in [-0.4, -0.2) is 18.9 Å². The second-order valence-corrected chi connectivity index (χ2v) is 4.94. The summed E-state index contributed by atoms with van der Waals surface area (Å²) < 4.78 is 30.2. The fraction of sp³-hybridized carbons (Fsp3) is 0.300. The highest BCUT2D eigenvalue weighted by molar-refractivity contribution is 7.85. The lowest BCUT2D eigenvalue weighted by atomic mass is 9.98. The van der Waals surface area contributed by atoms with Crippen molar-refractivity contribution in [2.75, 3.05) is 0 Å². The molecule has 0 aliphatic rings. The Hall–Kier alpha value is -1.40. The molecule has 16 heavy (non-hydrogen) atoms. The molecule has 1 unspecified atom stereocenters. The molecule has 0 radical (unpaired) electrons. The second kappa shape index (κ2) is 4.63. The third kappa shape index (κ3) is 3.32. The molecule has 0 fully saturated rings. The van der Waals surface area contributed by atoms with Crippen molar-refractivity contribution in [1.82, 2.24) is 0 Å². The standard InChI is InChI=1S/C10H12O5S/c1-7(6-10(11)12)8-2-4-9(5-3-8)16(13,14)15/h2-5,7H,6H2,1H3,(H,11,12)(H,13,14,15)/p-1. The first-order chi connectivity index (χ1) is 7.30. The summed E-state index contributed by atoms with van der Waals surface area (Å²) in [5, 5.41) is 10.4. The summed E-state index contributed by atoms with van der Waals surface area (Å²) in [5.41, 5.74) is 0.677. The topological polar surface area (TPSA) is 94.5 Å². The van der Waals surface area contributed by atoms with Crippen LogP contribution in [0.15, 0.2) is 29.2 Å². The Morgan fingerprint density at radius 2 is 1.88 bits per heavy atom. The van der Waals surface area contributed by atoms with Gasteiger partial charge in [0.1, 0.15) is 0 Å². The zero-order chi connectivity index (χ0) is 12.3. The molecule has 1 aromatic carbocycles. The Bertz CT molecular complexity index is 474. The minimum Gasteiger partial charge on any atom is -0.550 e. The highest BCUT2D eigenvalue weighted by atomic mass is 32.2. The van der Waals surface area contributed by atoms with Gasteiger partial charge in [-0.15, -0.1) is 0 Å². The van der Waals surface area contributed by atoms with E-state index in [4.69, 9.17) is 4.55 Å². The summed E-state index contributed by atoms with van der Waals surface area (Å²) >= 11 is 0. The van der Waals surface area contributed by atoms with Crippen molar-refractivity contribution < 1.29 is 22.9 Å². The lowest BCUT2D eigenvalue weighted by Crippen LogP contribution is -2.23. The minimum atomic E-state index is -4.20. The number of hydrogen-bond donors (Lipinski definition) is 1. The summed E-state index contributed by atoms with van der Waals surface area (Å²) in [5.74, 6) is -1.42. The molecule has 0 heterocycles. The molecule has 0 saturated heterocycles. The van der Waals surface area contributed by atoms with Crippen LogP contribution >= 0.6 is 0 Å². The molecule has 5 nitrogen and oxygen atoms in total. The van der Waals surface area contributed by atoms with E-state index in [9.17, 15) is 18.3 Å². The molecule has 0 aromatic heterocycles. The average Bonchev–Trinajstić information content (AvgIpc) is 2.15. The van der Waals surface area contributed by atoms with Crippen LogP contribution < -0.4 is 5.11 Å². The van der Waals surface area contributed by atoms with Gasteiger partial charge in [0.25, 0.3) is 10.1 Å². The van der Waals surface area contributed by atoms with Gasteiger partial charge in [-0.05, 0) is 30.0 Å². The van der Waals surface area contributed by atoms with Gasteiger partial charge in [-0.3, -0.25) is 4.55 Å². The molecular formula is C10H11O5S-. The minimum absolute atomic E-state index is 0.134. The van der Waals surface area contributed by atoms with Gasteiger partial charge in [-0.2, -0.15) is 8.42 Å². The predicted molar refractivity (Wildman–Crippen MR) is 54.3 cm³/mol. The molecule has 0 aliphatic heterocycles. The van der Waals surface area contributed by atoms with Gasteiger partial charge in [-0.1, -0.05) is 19.1 Å². The first kappa shape index (κ1) is 12.7. The summed E-state index contributed by atoms with van der Waals surface area (Å²) in [6.07, 6.45) is -0.134. The van der Waals surface area contributed by atoms with Crippen molar-refractivity contribution in [3.8, 4) is 0 Å². The monoisotopic (exact) mass is 243 g/mol. The number of carbonyl (C=O) groups is 1. The maximum atomic E-state index is 10.7. The first-order valence-corrected chi connectivity index (χ1v) is 6.02. The molecule has 1 N–H and O–H groups in total. The van der Waals surface area contributed by atoms with Crippen molar-refractivity contribution in [3.63, 3.8) is 0 Å². The highest BCUT2D eigenvalue weighted by Crippen LogP contribution is 2.20. The first-order valence-electron chi connectivity index (χ1n) is 4.58. The number of benzene rings is 1. The third-order valence-electron chi connectivity index (χ3n) is 2.22. The van der Waals surface area contributed by atoms with Crippen LogP contribution in [0, 0.1) is 0 Å². The molecule has 0 aliphatic carbocycles. The second-order valence-electron chi connectivity index (χ2n) is 3.52. The average molecular weight is 243 g/mol. The quantitative estimate of drug-likeness (QED) is 0.761. The van der Waals surface area contributed by atoms with Crippen LogP contribution in [-0.2, 0) is 14.9 Å². The Morgan fingerprint density at radius 3 is 2.25 bits per heavy atom. The zero-order valence-electron chi connectivity index (χ0n) is 8.58. The van der Waals surface area contributed by atoms with Crippen LogP contribution in [0.5, 0.6) is 0 Å². The number of carboxylic acids is 1. The largest absolute Gasteiger partial charge is 0.550 e. The van der Waals surface area contributed by atoms with Crippen LogP contribution in [0.1, 0.15) is 24.8 Å². The van der Waals surface area contributed by atoms with Crippen LogP contribution in [0.4, 0.5) is 0 Å². The van der Waals surface area contributed by atoms with Gasteiger partial charge in [0.15, 0.2) is 0 Å². The smallest absolute Gasteiger partial charge is 0.294 e. The number of carboxylic acid groups (broad SMARTS) is 1. The lowest BCUT2D eigenvalue weighted by Gasteiger charge is -2.12. The van der Waals surface area contributed by atoms with E-state index in [1.165, 1.54) is 24.3 Å². The molecule has 6 heteroatoms. The SMILES string of the molecule is CC(CC(=O)[O-])c1ccc(S(=O)(=O)O)cc1. The van der Waals surface area contributed by atoms with Crippen LogP contribution in [0.3, 0.4) is 0 Å². The molecule has 0 amide bonds. The number of carbonyl (C=O) groups excluding carboxylic acids is 1. The molecule has 0 spiro atoms. The molecular weight excluding hydrogens is 232 g/mol. The van der Waals surface area contributed by atoms with Crippen molar-refractivity contribution in [2.24, 2.45) is 0 Å². The molecule has 0 saturated carbocycles. The van der Waals surface area contributed by atoms with Gasteiger partial charge >= 0.3 is 0 Å². The van der Waals surface area contributed by atoms with E-state index in [1.807, 2.05) is 0 Å². The van der Waals surface area contributed by atoms with E-state index in [-0.39, 0.29) is 17.2 Å².